The van der Waals surface area contributed by atoms with Crippen molar-refractivity contribution in [3.8, 4) is 5.88 Å². The minimum absolute atomic E-state index is 0.351. The Bertz CT molecular complexity index is 819. The Labute approximate surface area is 147 Å². The lowest BCUT2D eigenvalue weighted by molar-refractivity contribution is 0.290. The van der Waals surface area contributed by atoms with Gasteiger partial charge in [-0.2, -0.15) is 0 Å². The molecule has 5 nitrogen and oxygen atoms in total. The van der Waals surface area contributed by atoms with E-state index < -0.39 is 0 Å². The predicted molar refractivity (Wildman–Crippen MR) is 100 cm³/mol. The Morgan fingerprint density at radius 2 is 1.68 bits per heavy atom. The van der Waals surface area contributed by atoms with Gasteiger partial charge in [0.15, 0.2) is 5.96 Å². The SMILES string of the molecule is NC(=NCc1cccnc1OCc1ccccc1)Nc1ccccc1. The summed E-state index contributed by atoms with van der Waals surface area (Å²) in [5.41, 5.74) is 8.82. The van der Waals surface area contributed by atoms with Gasteiger partial charge in [0.05, 0.1) is 6.54 Å². The number of hydrogen-bond acceptors (Lipinski definition) is 3. The number of aromatic nitrogens is 1. The Hall–Kier alpha value is -3.34. The van der Waals surface area contributed by atoms with Crippen molar-refractivity contribution in [1.29, 1.82) is 0 Å². The van der Waals surface area contributed by atoms with Crippen molar-refractivity contribution in [1.82, 2.24) is 4.98 Å². The van der Waals surface area contributed by atoms with Crippen LogP contribution in [0.3, 0.4) is 0 Å². The van der Waals surface area contributed by atoms with Crippen molar-refractivity contribution in [3.63, 3.8) is 0 Å². The van der Waals surface area contributed by atoms with Gasteiger partial charge in [-0.3, -0.25) is 0 Å². The van der Waals surface area contributed by atoms with Crippen LogP contribution in [-0.4, -0.2) is 10.9 Å². The summed E-state index contributed by atoms with van der Waals surface area (Å²) in [6.07, 6.45) is 1.71. The van der Waals surface area contributed by atoms with Crippen molar-refractivity contribution in [2.45, 2.75) is 13.2 Å². The van der Waals surface area contributed by atoms with Gasteiger partial charge in [0.2, 0.25) is 5.88 Å². The van der Waals surface area contributed by atoms with Crippen LogP contribution in [0.5, 0.6) is 5.88 Å². The molecule has 3 N–H and O–H groups in total. The van der Waals surface area contributed by atoms with Gasteiger partial charge in [-0.25, -0.2) is 9.98 Å². The lowest BCUT2D eigenvalue weighted by atomic mass is 10.2. The molecule has 5 heteroatoms. The molecular weight excluding hydrogens is 312 g/mol. The Balaban J connectivity index is 1.63. The van der Waals surface area contributed by atoms with Crippen molar-refractivity contribution < 1.29 is 4.74 Å². The Kier molecular flexibility index (Phi) is 5.61. The quantitative estimate of drug-likeness (QED) is 0.534. The average Bonchev–Trinajstić information content (AvgIpc) is 2.67. The Morgan fingerprint density at radius 3 is 2.44 bits per heavy atom. The fraction of sp³-hybridized carbons (Fsp3) is 0.100. The van der Waals surface area contributed by atoms with Crippen LogP contribution in [0.1, 0.15) is 11.1 Å². The minimum atomic E-state index is 0.351. The van der Waals surface area contributed by atoms with E-state index in [4.69, 9.17) is 10.5 Å². The summed E-state index contributed by atoms with van der Waals surface area (Å²) in [7, 11) is 0. The number of nitrogens with two attached hydrogens (primary N) is 1. The zero-order valence-electron chi connectivity index (χ0n) is 13.8. The van der Waals surface area contributed by atoms with Crippen LogP contribution in [0.2, 0.25) is 0 Å². The summed E-state index contributed by atoms with van der Waals surface area (Å²) in [6.45, 7) is 0.857. The van der Waals surface area contributed by atoms with Crippen LogP contribution < -0.4 is 15.8 Å². The van der Waals surface area contributed by atoms with E-state index in [1.54, 1.807) is 6.20 Å². The molecule has 1 heterocycles. The summed E-state index contributed by atoms with van der Waals surface area (Å²) in [6, 6.07) is 23.5. The van der Waals surface area contributed by atoms with Crippen molar-refractivity contribution in [2.24, 2.45) is 10.7 Å². The zero-order chi connectivity index (χ0) is 17.3. The molecule has 0 aliphatic heterocycles. The second-order valence-electron chi connectivity index (χ2n) is 5.43. The van der Waals surface area contributed by atoms with Crippen LogP contribution in [0.25, 0.3) is 0 Å². The zero-order valence-corrected chi connectivity index (χ0v) is 13.8. The van der Waals surface area contributed by atoms with Crippen LogP contribution in [0.15, 0.2) is 84.0 Å². The molecule has 1 aromatic heterocycles. The fourth-order valence-corrected chi connectivity index (χ4v) is 2.28. The maximum Gasteiger partial charge on any atom is 0.218 e. The van der Waals surface area contributed by atoms with Gasteiger partial charge < -0.3 is 15.8 Å². The first-order chi connectivity index (χ1) is 12.3. The molecule has 2 aromatic carbocycles. The first-order valence-corrected chi connectivity index (χ1v) is 8.04. The highest BCUT2D eigenvalue weighted by Crippen LogP contribution is 2.17. The van der Waals surface area contributed by atoms with Crippen molar-refractivity contribution in [2.75, 3.05) is 5.32 Å². The number of rotatable bonds is 6. The number of guanidine groups is 1. The number of pyridine rings is 1. The van der Waals surface area contributed by atoms with Crippen molar-refractivity contribution in [3.05, 3.63) is 90.1 Å². The van der Waals surface area contributed by atoms with Crippen LogP contribution in [-0.2, 0) is 13.2 Å². The van der Waals surface area contributed by atoms with Gasteiger partial charge in [-0.05, 0) is 23.8 Å². The van der Waals surface area contributed by atoms with E-state index in [0.29, 0.717) is 25.0 Å². The molecule has 25 heavy (non-hydrogen) atoms. The molecule has 0 spiro atoms. The lowest BCUT2D eigenvalue weighted by Crippen LogP contribution is -2.22. The predicted octanol–water partition coefficient (Wildman–Crippen LogP) is 3.59. The number of nitrogens with zero attached hydrogens (tertiary/aromatic N) is 2. The summed E-state index contributed by atoms with van der Waals surface area (Å²) in [5.74, 6) is 0.923. The summed E-state index contributed by atoms with van der Waals surface area (Å²) in [5, 5.41) is 3.06. The molecule has 126 valence electrons. The molecule has 0 aliphatic carbocycles. The van der Waals surface area contributed by atoms with Gasteiger partial charge >= 0.3 is 0 Å². The molecule has 0 fully saturated rings. The number of hydrogen-bond donors (Lipinski definition) is 2. The number of aliphatic imine (C=N–C) groups is 1. The van der Waals surface area contributed by atoms with E-state index >= 15 is 0 Å². The van der Waals surface area contributed by atoms with E-state index in [0.717, 1.165) is 16.8 Å². The first-order valence-electron chi connectivity index (χ1n) is 8.04. The minimum Gasteiger partial charge on any atom is -0.473 e. The van der Waals surface area contributed by atoms with Crippen molar-refractivity contribution >= 4 is 11.6 Å². The number of benzene rings is 2. The van der Waals surface area contributed by atoms with E-state index in [2.05, 4.69) is 15.3 Å². The molecule has 0 atom stereocenters. The molecule has 3 rings (SSSR count). The van der Waals surface area contributed by atoms with E-state index in [1.165, 1.54) is 0 Å². The maximum atomic E-state index is 5.95. The standard InChI is InChI=1S/C20H20N4O/c21-20(24-18-11-5-2-6-12-18)23-14-17-10-7-13-22-19(17)25-15-16-8-3-1-4-9-16/h1-13H,14-15H2,(H3,21,23,24). The summed E-state index contributed by atoms with van der Waals surface area (Å²) >= 11 is 0. The molecule has 0 saturated heterocycles. The molecular formula is C20H20N4O. The number of para-hydroxylation sites is 1. The molecule has 0 unspecified atom stereocenters. The van der Waals surface area contributed by atoms with Crippen LogP contribution >= 0.6 is 0 Å². The maximum absolute atomic E-state index is 5.95. The molecule has 0 aliphatic rings. The normalized spacial score (nSPS) is 11.1. The molecule has 0 bridgehead atoms. The summed E-state index contributed by atoms with van der Waals surface area (Å²) in [4.78, 5) is 8.67. The summed E-state index contributed by atoms with van der Waals surface area (Å²) < 4.78 is 5.83. The van der Waals surface area contributed by atoms with E-state index in [1.807, 2.05) is 72.8 Å². The number of nitrogens with one attached hydrogen (secondary N) is 1. The molecule has 0 radical (unpaired) electrons. The van der Waals surface area contributed by atoms with Crippen LogP contribution in [0, 0.1) is 0 Å². The van der Waals surface area contributed by atoms with E-state index in [9.17, 15) is 0 Å². The van der Waals surface area contributed by atoms with Gasteiger partial charge in [-0.1, -0.05) is 54.6 Å². The second-order valence-corrected chi connectivity index (χ2v) is 5.43. The van der Waals surface area contributed by atoms with Gasteiger partial charge in [0, 0.05) is 17.4 Å². The third-order valence-corrected chi connectivity index (χ3v) is 3.53. The number of ether oxygens (including phenoxy) is 1. The monoisotopic (exact) mass is 332 g/mol. The fourth-order valence-electron chi connectivity index (χ4n) is 2.28. The third-order valence-electron chi connectivity index (χ3n) is 3.53. The van der Waals surface area contributed by atoms with E-state index in [-0.39, 0.29) is 0 Å². The molecule has 0 saturated carbocycles. The number of anilines is 1. The topological polar surface area (TPSA) is 72.5 Å². The van der Waals surface area contributed by atoms with Gasteiger partial charge in [0.25, 0.3) is 0 Å². The second kappa shape index (κ2) is 8.49. The van der Waals surface area contributed by atoms with Gasteiger partial charge in [0.1, 0.15) is 6.61 Å². The third kappa shape index (κ3) is 5.07. The smallest absolute Gasteiger partial charge is 0.218 e. The van der Waals surface area contributed by atoms with Crippen LogP contribution in [0.4, 0.5) is 5.69 Å². The van der Waals surface area contributed by atoms with Gasteiger partial charge in [-0.15, -0.1) is 0 Å². The first kappa shape index (κ1) is 16.5. The molecule has 3 aromatic rings. The Morgan fingerprint density at radius 1 is 0.960 bits per heavy atom. The largest absolute Gasteiger partial charge is 0.473 e. The lowest BCUT2D eigenvalue weighted by Gasteiger charge is -2.10. The highest BCUT2D eigenvalue weighted by Gasteiger charge is 2.05. The highest BCUT2D eigenvalue weighted by molar-refractivity contribution is 5.92. The molecule has 0 amide bonds. The highest BCUT2D eigenvalue weighted by atomic mass is 16.5. The average molecular weight is 332 g/mol.